The zero-order chi connectivity index (χ0) is 15.8. The van der Waals surface area contributed by atoms with Crippen molar-refractivity contribution in [2.24, 2.45) is 16.6 Å². The van der Waals surface area contributed by atoms with Crippen molar-refractivity contribution in [2.75, 3.05) is 26.2 Å². The number of nitrogens with two attached hydrogens (primary N) is 1. The second-order valence-electron chi connectivity index (χ2n) is 5.95. The highest BCUT2D eigenvalue weighted by Crippen LogP contribution is 2.14. The standard InChI is InChI=1S/C17H26N4O/c1-14-6-5-11-21(13-14)17(18)20-12-16(22)19-10-9-15-7-3-2-4-8-15/h2-4,7-8,14H,5-6,9-13H2,1H3,(H2,18,20)(H,19,22). The number of nitrogens with zero attached hydrogens (tertiary/aromatic N) is 2. The summed E-state index contributed by atoms with van der Waals surface area (Å²) in [6.07, 6.45) is 3.21. The Morgan fingerprint density at radius 2 is 2.18 bits per heavy atom. The van der Waals surface area contributed by atoms with Gasteiger partial charge < -0.3 is 16.0 Å². The third-order valence-corrected chi connectivity index (χ3v) is 3.94. The molecule has 0 saturated carbocycles. The van der Waals surface area contributed by atoms with E-state index in [0.29, 0.717) is 18.4 Å². The van der Waals surface area contributed by atoms with Crippen LogP contribution < -0.4 is 11.1 Å². The Hall–Kier alpha value is -2.04. The quantitative estimate of drug-likeness (QED) is 0.638. The van der Waals surface area contributed by atoms with Gasteiger partial charge in [0, 0.05) is 19.6 Å². The van der Waals surface area contributed by atoms with E-state index in [9.17, 15) is 4.79 Å². The van der Waals surface area contributed by atoms with Gasteiger partial charge in [-0.05, 0) is 30.7 Å². The molecule has 1 heterocycles. The molecule has 0 aromatic heterocycles. The van der Waals surface area contributed by atoms with E-state index < -0.39 is 0 Å². The summed E-state index contributed by atoms with van der Waals surface area (Å²) in [4.78, 5) is 18.1. The van der Waals surface area contributed by atoms with Crippen LogP contribution in [-0.2, 0) is 11.2 Å². The van der Waals surface area contributed by atoms with E-state index in [0.717, 1.165) is 25.9 Å². The first-order valence-electron chi connectivity index (χ1n) is 8.00. The van der Waals surface area contributed by atoms with Crippen molar-refractivity contribution in [2.45, 2.75) is 26.2 Å². The molecule has 5 heteroatoms. The smallest absolute Gasteiger partial charge is 0.241 e. The summed E-state index contributed by atoms with van der Waals surface area (Å²) in [6, 6.07) is 10.1. The molecule has 0 spiro atoms. The van der Waals surface area contributed by atoms with Crippen LogP contribution in [0.1, 0.15) is 25.3 Å². The van der Waals surface area contributed by atoms with Crippen LogP contribution in [0.5, 0.6) is 0 Å². The van der Waals surface area contributed by atoms with Crippen LogP contribution in [0.4, 0.5) is 0 Å². The molecule has 1 unspecified atom stereocenters. The molecule has 0 radical (unpaired) electrons. The SMILES string of the molecule is CC1CCCN(C(N)=NCC(=O)NCCc2ccccc2)C1. The first-order chi connectivity index (χ1) is 10.6. The number of carbonyl (C=O) groups excluding carboxylic acids is 1. The molecular formula is C17H26N4O. The summed E-state index contributed by atoms with van der Waals surface area (Å²) in [5, 5.41) is 2.88. The van der Waals surface area contributed by atoms with Crippen LogP contribution in [0, 0.1) is 5.92 Å². The van der Waals surface area contributed by atoms with Gasteiger partial charge >= 0.3 is 0 Å². The predicted octanol–water partition coefficient (Wildman–Crippen LogP) is 1.39. The molecule has 1 atom stereocenters. The fourth-order valence-electron chi connectivity index (χ4n) is 2.70. The molecule has 1 aliphatic heterocycles. The van der Waals surface area contributed by atoms with Crippen molar-refractivity contribution < 1.29 is 4.79 Å². The Bertz CT molecular complexity index is 501. The van der Waals surface area contributed by atoms with E-state index in [1.54, 1.807) is 0 Å². The zero-order valence-electron chi connectivity index (χ0n) is 13.3. The average Bonchev–Trinajstić information content (AvgIpc) is 2.53. The first-order valence-corrected chi connectivity index (χ1v) is 8.00. The Labute approximate surface area is 132 Å². The lowest BCUT2D eigenvalue weighted by Gasteiger charge is -2.31. The maximum absolute atomic E-state index is 11.8. The number of hydrogen-bond donors (Lipinski definition) is 2. The second-order valence-corrected chi connectivity index (χ2v) is 5.95. The zero-order valence-corrected chi connectivity index (χ0v) is 13.3. The maximum atomic E-state index is 11.8. The van der Waals surface area contributed by atoms with Crippen molar-refractivity contribution in [3.63, 3.8) is 0 Å². The molecular weight excluding hydrogens is 276 g/mol. The van der Waals surface area contributed by atoms with Gasteiger partial charge in [0.05, 0.1) is 0 Å². The van der Waals surface area contributed by atoms with Crippen LogP contribution in [0.25, 0.3) is 0 Å². The Morgan fingerprint density at radius 1 is 1.41 bits per heavy atom. The van der Waals surface area contributed by atoms with Crippen LogP contribution >= 0.6 is 0 Å². The lowest BCUT2D eigenvalue weighted by atomic mass is 10.0. The van der Waals surface area contributed by atoms with E-state index in [4.69, 9.17) is 5.73 Å². The summed E-state index contributed by atoms with van der Waals surface area (Å²) in [6.45, 7) is 4.82. The van der Waals surface area contributed by atoms with Gasteiger partial charge in [-0.25, -0.2) is 4.99 Å². The molecule has 1 fully saturated rings. The Kier molecular flexibility index (Phi) is 6.25. The van der Waals surface area contributed by atoms with Crippen molar-refractivity contribution in [3.8, 4) is 0 Å². The summed E-state index contributed by atoms with van der Waals surface area (Å²) in [7, 11) is 0. The molecule has 1 amide bonds. The van der Waals surface area contributed by atoms with Crippen LogP contribution in [0.15, 0.2) is 35.3 Å². The highest BCUT2D eigenvalue weighted by atomic mass is 16.1. The summed E-state index contributed by atoms with van der Waals surface area (Å²) < 4.78 is 0. The third-order valence-electron chi connectivity index (χ3n) is 3.94. The summed E-state index contributed by atoms with van der Waals surface area (Å²) >= 11 is 0. The third kappa shape index (κ3) is 5.39. The monoisotopic (exact) mass is 302 g/mol. The predicted molar refractivity (Wildman–Crippen MR) is 89.6 cm³/mol. The number of rotatable bonds is 5. The molecule has 1 aromatic carbocycles. The molecule has 5 nitrogen and oxygen atoms in total. The molecule has 120 valence electrons. The number of benzene rings is 1. The second kappa shape index (κ2) is 8.41. The Morgan fingerprint density at radius 3 is 2.91 bits per heavy atom. The van der Waals surface area contributed by atoms with Gasteiger partial charge in [-0.15, -0.1) is 0 Å². The molecule has 22 heavy (non-hydrogen) atoms. The van der Waals surface area contributed by atoms with E-state index in [1.165, 1.54) is 12.0 Å². The van der Waals surface area contributed by atoms with Gasteiger partial charge in [0.15, 0.2) is 5.96 Å². The maximum Gasteiger partial charge on any atom is 0.241 e. The minimum Gasteiger partial charge on any atom is -0.370 e. The fourth-order valence-corrected chi connectivity index (χ4v) is 2.70. The molecule has 3 N–H and O–H groups in total. The number of guanidine groups is 1. The fraction of sp³-hybridized carbons (Fsp3) is 0.529. The number of carbonyl (C=O) groups is 1. The van der Waals surface area contributed by atoms with E-state index >= 15 is 0 Å². The minimum atomic E-state index is -0.0797. The number of hydrogen-bond acceptors (Lipinski definition) is 2. The highest BCUT2D eigenvalue weighted by molar-refractivity contribution is 5.84. The normalized spacial score (nSPS) is 19.0. The van der Waals surface area contributed by atoms with Crippen LogP contribution in [0.3, 0.4) is 0 Å². The molecule has 1 aromatic rings. The molecule has 0 aliphatic carbocycles. The largest absolute Gasteiger partial charge is 0.370 e. The number of nitrogens with one attached hydrogen (secondary N) is 1. The topological polar surface area (TPSA) is 70.7 Å². The van der Waals surface area contributed by atoms with Crippen molar-refractivity contribution >= 4 is 11.9 Å². The van der Waals surface area contributed by atoms with Crippen LogP contribution in [0.2, 0.25) is 0 Å². The summed E-state index contributed by atoms with van der Waals surface area (Å²) in [5.41, 5.74) is 7.19. The van der Waals surface area contributed by atoms with Gasteiger partial charge in [-0.1, -0.05) is 37.3 Å². The number of amides is 1. The van der Waals surface area contributed by atoms with Gasteiger partial charge in [-0.3, -0.25) is 4.79 Å². The lowest BCUT2D eigenvalue weighted by molar-refractivity contribution is -0.119. The van der Waals surface area contributed by atoms with Crippen molar-refractivity contribution in [1.82, 2.24) is 10.2 Å². The van der Waals surface area contributed by atoms with E-state index in [2.05, 4.69) is 34.3 Å². The number of aliphatic imine (C=N–C) groups is 1. The molecule has 0 bridgehead atoms. The van der Waals surface area contributed by atoms with Gasteiger partial charge in [0.25, 0.3) is 0 Å². The number of piperidine rings is 1. The van der Waals surface area contributed by atoms with Gasteiger partial charge in [-0.2, -0.15) is 0 Å². The molecule has 2 rings (SSSR count). The number of likely N-dealkylation sites (tertiary alicyclic amines) is 1. The molecule has 1 saturated heterocycles. The first kappa shape index (κ1) is 16.3. The van der Waals surface area contributed by atoms with E-state index in [1.807, 2.05) is 18.2 Å². The van der Waals surface area contributed by atoms with Crippen molar-refractivity contribution in [1.29, 1.82) is 0 Å². The molecule has 1 aliphatic rings. The minimum absolute atomic E-state index is 0.0797. The average molecular weight is 302 g/mol. The summed E-state index contributed by atoms with van der Waals surface area (Å²) in [5.74, 6) is 1.05. The Balaban J connectivity index is 1.69. The van der Waals surface area contributed by atoms with Gasteiger partial charge in [0.1, 0.15) is 6.54 Å². The highest BCUT2D eigenvalue weighted by Gasteiger charge is 2.17. The van der Waals surface area contributed by atoms with Gasteiger partial charge in [0.2, 0.25) is 5.91 Å². The van der Waals surface area contributed by atoms with E-state index in [-0.39, 0.29) is 12.5 Å². The lowest BCUT2D eigenvalue weighted by Crippen LogP contribution is -2.44. The van der Waals surface area contributed by atoms with Crippen LogP contribution in [-0.4, -0.2) is 42.9 Å². The van der Waals surface area contributed by atoms with Crippen molar-refractivity contribution in [3.05, 3.63) is 35.9 Å².